The van der Waals surface area contributed by atoms with E-state index < -0.39 is 6.10 Å². The third kappa shape index (κ3) is 4.28. The van der Waals surface area contributed by atoms with Crippen molar-refractivity contribution in [2.75, 3.05) is 6.54 Å². The molecule has 0 bridgehead atoms. The van der Waals surface area contributed by atoms with Crippen molar-refractivity contribution in [2.24, 2.45) is 0 Å². The molecule has 4 nitrogen and oxygen atoms in total. The molecule has 0 aliphatic carbocycles. The zero-order chi connectivity index (χ0) is 16.8. The van der Waals surface area contributed by atoms with Crippen LogP contribution in [0.2, 0.25) is 0 Å². The average molecular weight is 338 g/mol. The Bertz CT molecular complexity index is 810. The van der Waals surface area contributed by atoms with E-state index in [0.717, 1.165) is 20.8 Å². The molecule has 122 valence electrons. The van der Waals surface area contributed by atoms with Crippen molar-refractivity contribution in [1.29, 1.82) is 0 Å². The first-order chi connectivity index (χ1) is 11.7. The van der Waals surface area contributed by atoms with Crippen LogP contribution in [0.15, 0.2) is 60.7 Å². The highest BCUT2D eigenvalue weighted by atomic mass is 32.1. The summed E-state index contributed by atoms with van der Waals surface area (Å²) in [6.07, 6.45) is 3.10. The lowest BCUT2D eigenvalue weighted by Gasteiger charge is -2.10. The van der Waals surface area contributed by atoms with E-state index >= 15 is 0 Å². The van der Waals surface area contributed by atoms with Gasteiger partial charge < -0.3 is 10.4 Å². The second-order valence-electron chi connectivity index (χ2n) is 5.36. The molecule has 0 saturated carbocycles. The van der Waals surface area contributed by atoms with E-state index in [1.807, 2.05) is 54.6 Å². The van der Waals surface area contributed by atoms with Crippen LogP contribution in [-0.4, -0.2) is 22.5 Å². The van der Waals surface area contributed by atoms with Gasteiger partial charge in [-0.3, -0.25) is 4.79 Å². The fraction of sp³-hybridized carbons (Fsp3) is 0.158. The van der Waals surface area contributed by atoms with Crippen LogP contribution in [0.4, 0.5) is 0 Å². The van der Waals surface area contributed by atoms with Crippen molar-refractivity contribution in [3.8, 4) is 0 Å². The number of rotatable bonds is 6. The number of aliphatic hydroxyl groups is 1. The predicted molar refractivity (Wildman–Crippen MR) is 97.7 cm³/mol. The van der Waals surface area contributed by atoms with E-state index in [-0.39, 0.29) is 5.91 Å². The number of para-hydroxylation sites is 1. The predicted octanol–water partition coefficient (Wildman–Crippen LogP) is 3.55. The minimum atomic E-state index is -0.570. The number of aromatic nitrogens is 1. The van der Waals surface area contributed by atoms with Crippen LogP contribution in [0, 0.1) is 0 Å². The second kappa shape index (κ2) is 7.86. The van der Waals surface area contributed by atoms with Crippen LogP contribution in [0.25, 0.3) is 16.3 Å². The Hall–Kier alpha value is -2.50. The molecule has 1 aromatic heterocycles. The molecule has 1 atom stereocenters. The Morgan fingerprint density at radius 3 is 2.71 bits per heavy atom. The molecule has 0 aliphatic heterocycles. The maximum absolute atomic E-state index is 11.8. The van der Waals surface area contributed by atoms with Crippen LogP contribution in [-0.2, 0) is 4.79 Å². The SMILES string of the molecule is O=C(C=Cc1nc2ccccc2s1)NCCC(O)c1ccccc1. The Morgan fingerprint density at radius 2 is 1.92 bits per heavy atom. The molecule has 1 heterocycles. The monoisotopic (exact) mass is 338 g/mol. The summed E-state index contributed by atoms with van der Waals surface area (Å²) in [5, 5.41) is 13.6. The molecule has 0 spiro atoms. The average Bonchev–Trinajstić information content (AvgIpc) is 3.03. The van der Waals surface area contributed by atoms with Crippen molar-refractivity contribution in [3.05, 3.63) is 71.2 Å². The van der Waals surface area contributed by atoms with E-state index in [1.165, 1.54) is 6.08 Å². The largest absolute Gasteiger partial charge is 0.388 e. The van der Waals surface area contributed by atoms with Crippen LogP contribution in [0.3, 0.4) is 0 Å². The lowest BCUT2D eigenvalue weighted by atomic mass is 10.1. The molecule has 5 heteroatoms. The number of carbonyl (C=O) groups is 1. The molecule has 1 unspecified atom stereocenters. The van der Waals surface area contributed by atoms with Gasteiger partial charge in [0.1, 0.15) is 5.01 Å². The number of fused-ring (bicyclic) bond motifs is 1. The minimum absolute atomic E-state index is 0.186. The number of carbonyl (C=O) groups excluding carboxylic acids is 1. The zero-order valence-electron chi connectivity index (χ0n) is 13.1. The van der Waals surface area contributed by atoms with Crippen molar-refractivity contribution in [1.82, 2.24) is 10.3 Å². The van der Waals surface area contributed by atoms with Crippen LogP contribution in [0.1, 0.15) is 23.1 Å². The molecular weight excluding hydrogens is 320 g/mol. The number of hydrogen-bond acceptors (Lipinski definition) is 4. The van der Waals surface area contributed by atoms with Gasteiger partial charge in [-0.05, 0) is 30.2 Å². The third-order valence-corrected chi connectivity index (χ3v) is 4.59. The van der Waals surface area contributed by atoms with Gasteiger partial charge in [-0.2, -0.15) is 0 Å². The quantitative estimate of drug-likeness (QED) is 0.676. The van der Waals surface area contributed by atoms with Crippen LogP contribution < -0.4 is 5.32 Å². The molecule has 0 aliphatic rings. The van der Waals surface area contributed by atoms with Gasteiger partial charge in [-0.25, -0.2) is 4.98 Å². The number of thiazole rings is 1. The molecule has 24 heavy (non-hydrogen) atoms. The number of nitrogens with zero attached hydrogens (tertiary/aromatic N) is 1. The molecule has 3 rings (SSSR count). The van der Waals surface area contributed by atoms with Crippen LogP contribution >= 0.6 is 11.3 Å². The first-order valence-electron chi connectivity index (χ1n) is 7.77. The van der Waals surface area contributed by atoms with E-state index in [2.05, 4.69) is 10.3 Å². The molecule has 0 radical (unpaired) electrons. The molecule has 0 saturated heterocycles. The number of nitrogens with one attached hydrogen (secondary N) is 1. The topological polar surface area (TPSA) is 62.2 Å². The van der Waals surface area contributed by atoms with Gasteiger partial charge in [0.15, 0.2) is 0 Å². The number of hydrogen-bond donors (Lipinski definition) is 2. The van der Waals surface area contributed by atoms with E-state index in [1.54, 1.807) is 17.4 Å². The van der Waals surface area contributed by atoms with Crippen molar-refractivity contribution >= 4 is 33.5 Å². The normalized spacial score (nSPS) is 12.5. The maximum atomic E-state index is 11.8. The number of amides is 1. The first kappa shape index (κ1) is 16.4. The molecular formula is C19H18N2O2S. The standard InChI is InChI=1S/C19H18N2O2S/c22-16(14-6-2-1-3-7-14)12-13-20-18(23)10-11-19-21-15-8-4-5-9-17(15)24-19/h1-11,16,22H,12-13H2,(H,20,23). The summed E-state index contributed by atoms with van der Waals surface area (Å²) < 4.78 is 1.10. The Morgan fingerprint density at radius 1 is 1.17 bits per heavy atom. The summed E-state index contributed by atoms with van der Waals surface area (Å²) in [6.45, 7) is 0.416. The first-order valence-corrected chi connectivity index (χ1v) is 8.58. The van der Waals surface area contributed by atoms with Crippen molar-refractivity contribution < 1.29 is 9.90 Å². The van der Waals surface area contributed by atoms with Gasteiger partial charge in [-0.15, -0.1) is 11.3 Å². The lowest BCUT2D eigenvalue weighted by Crippen LogP contribution is -2.23. The van der Waals surface area contributed by atoms with E-state index in [4.69, 9.17) is 0 Å². The highest BCUT2D eigenvalue weighted by molar-refractivity contribution is 7.19. The summed E-state index contributed by atoms with van der Waals surface area (Å²) in [5.74, 6) is -0.186. The summed E-state index contributed by atoms with van der Waals surface area (Å²) in [6, 6.07) is 17.3. The Balaban J connectivity index is 1.48. The Kier molecular flexibility index (Phi) is 5.36. The van der Waals surface area contributed by atoms with Gasteiger partial charge in [0.2, 0.25) is 5.91 Å². The number of benzene rings is 2. The fourth-order valence-corrected chi connectivity index (χ4v) is 3.21. The highest BCUT2D eigenvalue weighted by Crippen LogP contribution is 2.22. The molecule has 2 N–H and O–H groups in total. The summed E-state index contributed by atoms with van der Waals surface area (Å²) in [4.78, 5) is 16.3. The van der Waals surface area contributed by atoms with Crippen LogP contribution in [0.5, 0.6) is 0 Å². The van der Waals surface area contributed by atoms with Gasteiger partial charge in [0.05, 0.1) is 16.3 Å². The highest BCUT2D eigenvalue weighted by Gasteiger charge is 2.07. The zero-order valence-corrected chi connectivity index (χ0v) is 13.9. The maximum Gasteiger partial charge on any atom is 0.244 e. The molecule has 0 fully saturated rings. The van der Waals surface area contributed by atoms with Gasteiger partial charge in [0, 0.05) is 12.6 Å². The molecule has 2 aromatic carbocycles. The van der Waals surface area contributed by atoms with E-state index in [0.29, 0.717) is 13.0 Å². The van der Waals surface area contributed by atoms with Gasteiger partial charge >= 0.3 is 0 Å². The number of aliphatic hydroxyl groups excluding tert-OH is 1. The Labute approximate surface area is 144 Å². The third-order valence-electron chi connectivity index (χ3n) is 3.59. The van der Waals surface area contributed by atoms with Crippen molar-refractivity contribution in [3.63, 3.8) is 0 Å². The summed E-state index contributed by atoms with van der Waals surface area (Å²) >= 11 is 1.55. The fourth-order valence-electron chi connectivity index (χ4n) is 2.34. The van der Waals surface area contributed by atoms with Gasteiger partial charge in [-0.1, -0.05) is 42.5 Å². The van der Waals surface area contributed by atoms with E-state index in [9.17, 15) is 9.90 Å². The summed E-state index contributed by atoms with van der Waals surface area (Å²) in [7, 11) is 0. The molecule has 1 amide bonds. The lowest BCUT2D eigenvalue weighted by molar-refractivity contribution is -0.116. The smallest absolute Gasteiger partial charge is 0.244 e. The van der Waals surface area contributed by atoms with Gasteiger partial charge in [0.25, 0.3) is 0 Å². The molecule has 3 aromatic rings. The second-order valence-corrected chi connectivity index (χ2v) is 6.42. The minimum Gasteiger partial charge on any atom is -0.388 e. The summed E-state index contributed by atoms with van der Waals surface area (Å²) in [5.41, 5.74) is 1.80. The van der Waals surface area contributed by atoms with Crippen molar-refractivity contribution in [2.45, 2.75) is 12.5 Å².